The van der Waals surface area contributed by atoms with E-state index in [0.29, 0.717) is 34.0 Å². The number of hydrogen-bond donors (Lipinski definition) is 1. The largest absolute Gasteiger partial charge is 0.337 e. The van der Waals surface area contributed by atoms with Gasteiger partial charge in [0.15, 0.2) is 0 Å². The lowest BCUT2D eigenvalue weighted by Crippen LogP contribution is -2.42. The fraction of sp³-hybridized carbons (Fsp3) is 0.318. The van der Waals surface area contributed by atoms with Crippen LogP contribution in [0, 0.1) is 0 Å². The Morgan fingerprint density at radius 2 is 1.77 bits per heavy atom. The van der Waals surface area contributed by atoms with Gasteiger partial charge < -0.3 is 14.8 Å². The summed E-state index contributed by atoms with van der Waals surface area (Å²) in [6.07, 6.45) is 0.739. The number of fused-ring (bicyclic) bond motifs is 1. The number of para-hydroxylation sites is 1. The van der Waals surface area contributed by atoms with Crippen molar-refractivity contribution in [1.29, 1.82) is 0 Å². The van der Waals surface area contributed by atoms with Crippen molar-refractivity contribution in [3.05, 3.63) is 78.9 Å². The second-order valence-corrected chi connectivity index (χ2v) is 8.40. The zero-order valence-electron chi connectivity index (χ0n) is 17.4. The van der Waals surface area contributed by atoms with Gasteiger partial charge in [0.05, 0.1) is 20.9 Å². The standard InChI is InChI=1S/C22H24Cl2N4O3/c1-26(2)10-5-11-27(13-15-8-9-17(23)18(24)12-15)20(29)14-28-21(30)16-6-3-4-7-19(16)25-22(28)31/h3-4,6-9,12H,5,10-11,13-14H2,1-2H3,(H,25,31). The minimum Gasteiger partial charge on any atom is -0.337 e. The predicted molar refractivity (Wildman–Crippen MR) is 124 cm³/mol. The Labute approximate surface area is 189 Å². The molecule has 9 heteroatoms. The van der Waals surface area contributed by atoms with Crippen LogP contribution in [0.1, 0.15) is 12.0 Å². The summed E-state index contributed by atoms with van der Waals surface area (Å²) in [6.45, 7) is 1.21. The maximum atomic E-state index is 13.1. The van der Waals surface area contributed by atoms with Crippen molar-refractivity contribution in [2.45, 2.75) is 19.5 Å². The zero-order valence-corrected chi connectivity index (χ0v) is 18.9. The molecule has 0 saturated carbocycles. The average Bonchev–Trinajstić information content (AvgIpc) is 2.72. The van der Waals surface area contributed by atoms with Gasteiger partial charge in [0.2, 0.25) is 5.91 Å². The second-order valence-electron chi connectivity index (χ2n) is 7.59. The number of benzene rings is 2. The number of halogens is 2. The molecule has 3 aromatic rings. The number of nitrogens with one attached hydrogen (secondary N) is 1. The molecule has 0 aliphatic rings. The Morgan fingerprint density at radius 3 is 2.48 bits per heavy atom. The summed E-state index contributed by atoms with van der Waals surface area (Å²) in [6, 6.07) is 11.9. The van der Waals surface area contributed by atoms with Crippen LogP contribution < -0.4 is 11.2 Å². The predicted octanol–water partition coefficient (Wildman–Crippen LogP) is 2.98. The summed E-state index contributed by atoms with van der Waals surface area (Å²) in [5.74, 6) is -0.326. The van der Waals surface area contributed by atoms with Crippen molar-refractivity contribution >= 4 is 40.0 Å². The van der Waals surface area contributed by atoms with Gasteiger partial charge in [-0.15, -0.1) is 0 Å². The second kappa shape index (κ2) is 10.1. The quantitative estimate of drug-likeness (QED) is 0.557. The molecule has 164 valence electrons. The van der Waals surface area contributed by atoms with E-state index in [9.17, 15) is 14.4 Å². The first kappa shape index (κ1) is 23.1. The van der Waals surface area contributed by atoms with Gasteiger partial charge in [0, 0.05) is 13.1 Å². The molecule has 2 aromatic carbocycles. The van der Waals surface area contributed by atoms with Crippen LogP contribution in [0.3, 0.4) is 0 Å². The molecule has 0 bridgehead atoms. The van der Waals surface area contributed by atoms with Crippen molar-refractivity contribution < 1.29 is 4.79 Å². The molecule has 1 amide bonds. The average molecular weight is 463 g/mol. The van der Waals surface area contributed by atoms with E-state index >= 15 is 0 Å². The van der Waals surface area contributed by atoms with Gasteiger partial charge >= 0.3 is 5.69 Å². The molecule has 3 rings (SSSR count). The molecule has 0 unspecified atom stereocenters. The van der Waals surface area contributed by atoms with E-state index in [4.69, 9.17) is 23.2 Å². The van der Waals surface area contributed by atoms with Gasteiger partial charge in [-0.05, 0) is 56.9 Å². The SMILES string of the molecule is CN(C)CCCN(Cc1ccc(Cl)c(Cl)c1)C(=O)Cn1c(=O)[nH]c2ccccc2c1=O. The third-order valence-electron chi connectivity index (χ3n) is 4.93. The molecule has 0 fully saturated rings. The van der Waals surface area contributed by atoms with Crippen LogP contribution in [-0.4, -0.2) is 52.4 Å². The van der Waals surface area contributed by atoms with Crippen LogP contribution in [0.2, 0.25) is 10.0 Å². The highest BCUT2D eigenvalue weighted by atomic mass is 35.5. The van der Waals surface area contributed by atoms with E-state index < -0.39 is 11.2 Å². The Bertz CT molecular complexity index is 1200. The minimum absolute atomic E-state index is 0.295. The van der Waals surface area contributed by atoms with Crippen LogP contribution in [0.25, 0.3) is 10.9 Å². The number of H-pyrrole nitrogens is 1. The summed E-state index contributed by atoms with van der Waals surface area (Å²) >= 11 is 12.1. The van der Waals surface area contributed by atoms with Gasteiger partial charge in [-0.2, -0.15) is 0 Å². The third kappa shape index (κ3) is 5.76. The molecule has 0 aliphatic heterocycles. The number of carbonyl (C=O) groups is 1. The van der Waals surface area contributed by atoms with E-state index in [1.165, 1.54) is 0 Å². The number of amides is 1. The van der Waals surface area contributed by atoms with Crippen molar-refractivity contribution in [3.8, 4) is 0 Å². The summed E-state index contributed by atoms with van der Waals surface area (Å²) in [5.41, 5.74) is 0.155. The highest BCUT2D eigenvalue weighted by Crippen LogP contribution is 2.23. The molecule has 1 heterocycles. The number of rotatable bonds is 8. The van der Waals surface area contributed by atoms with Crippen LogP contribution in [-0.2, 0) is 17.9 Å². The van der Waals surface area contributed by atoms with E-state index in [0.717, 1.165) is 23.1 Å². The lowest BCUT2D eigenvalue weighted by molar-refractivity contribution is -0.132. The first-order valence-electron chi connectivity index (χ1n) is 9.84. The number of hydrogen-bond acceptors (Lipinski definition) is 4. The fourth-order valence-electron chi connectivity index (χ4n) is 3.31. The number of nitrogens with zero attached hydrogens (tertiary/aromatic N) is 3. The van der Waals surface area contributed by atoms with Gasteiger partial charge in [0.25, 0.3) is 5.56 Å². The van der Waals surface area contributed by atoms with E-state index in [2.05, 4.69) is 4.98 Å². The molecule has 0 aliphatic carbocycles. The maximum Gasteiger partial charge on any atom is 0.329 e. The fourth-order valence-corrected chi connectivity index (χ4v) is 3.63. The monoisotopic (exact) mass is 462 g/mol. The Kier molecular flexibility index (Phi) is 7.54. The van der Waals surface area contributed by atoms with Gasteiger partial charge in [-0.3, -0.25) is 14.2 Å². The van der Waals surface area contributed by atoms with E-state index in [-0.39, 0.29) is 12.5 Å². The van der Waals surface area contributed by atoms with Crippen LogP contribution in [0.15, 0.2) is 52.1 Å². The highest BCUT2D eigenvalue weighted by molar-refractivity contribution is 6.42. The smallest absolute Gasteiger partial charge is 0.329 e. The summed E-state index contributed by atoms with van der Waals surface area (Å²) in [4.78, 5) is 44.7. The molecule has 0 radical (unpaired) electrons. The molecule has 0 atom stereocenters. The molecule has 0 spiro atoms. The molecular formula is C22H24Cl2N4O3. The number of carbonyl (C=O) groups excluding carboxylic acids is 1. The van der Waals surface area contributed by atoms with E-state index in [1.807, 2.05) is 19.0 Å². The van der Waals surface area contributed by atoms with Crippen molar-refractivity contribution in [1.82, 2.24) is 19.4 Å². The normalized spacial score (nSPS) is 11.3. The number of aromatic nitrogens is 2. The Hall–Kier alpha value is -2.61. The molecule has 7 nitrogen and oxygen atoms in total. The summed E-state index contributed by atoms with van der Waals surface area (Å²) < 4.78 is 0.943. The first-order valence-corrected chi connectivity index (χ1v) is 10.6. The number of aromatic amines is 1. The minimum atomic E-state index is -0.611. The molecule has 0 saturated heterocycles. The lowest BCUT2D eigenvalue weighted by Gasteiger charge is -2.24. The van der Waals surface area contributed by atoms with Gasteiger partial charge in [-0.1, -0.05) is 41.4 Å². The van der Waals surface area contributed by atoms with Crippen molar-refractivity contribution in [3.63, 3.8) is 0 Å². The van der Waals surface area contributed by atoms with Crippen molar-refractivity contribution in [2.75, 3.05) is 27.2 Å². The third-order valence-corrected chi connectivity index (χ3v) is 5.67. The highest BCUT2D eigenvalue weighted by Gasteiger charge is 2.18. The Morgan fingerprint density at radius 1 is 1.03 bits per heavy atom. The summed E-state index contributed by atoms with van der Waals surface area (Å²) in [5, 5.41) is 1.20. The topological polar surface area (TPSA) is 78.4 Å². The van der Waals surface area contributed by atoms with Crippen LogP contribution >= 0.6 is 23.2 Å². The lowest BCUT2D eigenvalue weighted by atomic mass is 10.2. The van der Waals surface area contributed by atoms with Crippen molar-refractivity contribution in [2.24, 2.45) is 0 Å². The molecular weight excluding hydrogens is 439 g/mol. The zero-order chi connectivity index (χ0) is 22.5. The molecule has 31 heavy (non-hydrogen) atoms. The summed E-state index contributed by atoms with van der Waals surface area (Å²) in [7, 11) is 3.92. The van der Waals surface area contributed by atoms with Gasteiger partial charge in [0.1, 0.15) is 6.54 Å². The molecule has 1 N–H and O–H groups in total. The maximum absolute atomic E-state index is 13.1. The van der Waals surface area contributed by atoms with E-state index in [1.54, 1.807) is 47.4 Å². The van der Waals surface area contributed by atoms with Crippen LogP contribution in [0.5, 0.6) is 0 Å². The molecule has 1 aromatic heterocycles. The van der Waals surface area contributed by atoms with Gasteiger partial charge in [-0.25, -0.2) is 4.79 Å². The Balaban J connectivity index is 1.87. The van der Waals surface area contributed by atoms with Crippen LogP contribution in [0.4, 0.5) is 0 Å². The first-order chi connectivity index (χ1) is 14.8.